The maximum Gasteiger partial charge on any atom is 0.310 e. The van der Waals surface area contributed by atoms with E-state index in [1.54, 1.807) is 11.8 Å². The molecule has 1 atom stereocenters. The van der Waals surface area contributed by atoms with Crippen molar-refractivity contribution >= 4 is 11.9 Å². The van der Waals surface area contributed by atoms with Crippen molar-refractivity contribution in [1.29, 1.82) is 0 Å². The highest BCUT2D eigenvalue weighted by atomic mass is 16.5. The Labute approximate surface area is 96.9 Å². The second-order valence-corrected chi connectivity index (χ2v) is 4.18. The number of nitrogens with zero attached hydrogens (tertiary/aromatic N) is 1. The molecular weight excluding hydrogens is 206 g/mol. The number of amides is 1. The molecule has 92 valence electrons. The predicted molar refractivity (Wildman–Crippen MR) is 60.8 cm³/mol. The molecule has 0 aromatic heterocycles. The molecule has 0 unspecified atom stereocenters. The minimum atomic E-state index is -0.156. The van der Waals surface area contributed by atoms with E-state index >= 15 is 0 Å². The Bertz CT molecular complexity index is 229. The van der Waals surface area contributed by atoms with Crippen LogP contribution < -0.4 is 0 Å². The minimum Gasteiger partial charge on any atom is -0.466 e. The average Bonchev–Trinajstić information content (AvgIpc) is 2.30. The van der Waals surface area contributed by atoms with E-state index in [0.717, 1.165) is 25.8 Å². The number of hydrogen-bond acceptors (Lipinski definition) is 3. The molecule has 1 heterocycles. The van der Waals surface area contributed by atoms with Crippen molar-refractivity contribution in [1.82, 2.24) is 4.90 Å². The van der Waals surface area contributed by atoms with E-state index in [2.05, 4.69) is 0 Å². The van der Waals surface area contributed by atoms with Crippen molar-refractivity contribution in [2.45, 2.75) is 39.5 Å². The summed E-state index contributed by atoms with van der Waals surface area (Å²) < 4.78 is 4.99. The third-order valence-electron chi connectivity index (χ3n) is 2.86. The standard InChI is InChI=1S/C12H21NO3/c1-3-6-11(14)13-8-5-7-10(9-13)12(15)16-4-2/h10H,3-9H2,1-2H3/t10-/m0/s1. The smallest absolute Gasteiger partial charge is 0.310 e. The van der Waals surface area contributed by atoms with Gasteiger partial charge in [-0.25, -0.2) is 0 Å². The van der Waals surface area contributed by atoms with Gasteiger partial charge in [0.25, 0.3) is 0 Å². The Morgan fingerprint density at radius 3 is 2.75 bits per heavy atom. The molecule has 0 saturated carbocycles. The maximum absolute atomic E-state index is 11.7. The van der Waals surface area contributed by atoms with Crippen LogP contribution in [0.3, 0.4) is 0 Å². The average molecular weight is 227 g/mol. The number of carbonyl (C=O) groups excluding carboxylic acids is 2. The zero-order valence-electron chi connectivity index (χ0n) is 10.2. The fourth-order valence-electron chi connectivity index (χ4n) is 2.03. The quantitative estimate of drug-likeness (QED) is 0.685. The summed E-state index contributed by atoms with van der Waals surface area (Å²) in [6, 6.07) is 0. The van der Waals surface area contributed by atoms with Gasteiger partial charge >= 0.3 is 5.97 Å². The van der Waals surface area contributed by atoms with Crippen molar-refractivity contribution in [2.24, 2.45) is 5.92 Å². The zero-order valence-corrected chi connectivity index (χ0v) is 10.2. The normalized spacial score (nSPS) is 20.6. The Morgan fingerprint density at radius 2 is 2.12 bits per heavy atom. The molecule has 0 spiro atoms. The molecule has 0 aromatic rings. The molecule has 16 heavy (non-hydrogen) atoms. The Morgan fingerprint density at radius 1 is 1.38 bits per heavy atom. The summed E-state index contributed by atoms with van der Waals surface area (Å²) in [5, 5.41) is 0. The largest absolute Gasteiger partial charge is 0.466 e. The number of rotatable bonds is 4. The van der Waals surface area contributed by atoms with Crippen LogP contribution >= 0.6 is 0 Å². The van der Waals surface area contributed by atoms with Crippen LogP contribution in [0.15, 0.2) is 0 Å². The highest BCUT2D eigenvalue weighted by Gasteiger charge is 2.28. The van der Waals surface area contributed by atoms with Crippen LogP contribution in [-0.4, -0.2) is 36.5 Å². The van der Waals surface area contributed by atoms with Gasteiger partial charge in [0.15, 0.2) is 0 Å². The molecule has 1 amide bonds. The van der Waals surface area contributed by atoms with Gasteiger partial charge in [0.05, 0.1) is 12.5 Å². The van der Waals surface area contributed by atoms with E-state index in [0.29, 0.717) is 19.6 Å². The lowest BCUT2D eigenvalue weighted by atomic mass is 9.98. The molecule has 0 radical (unpaired) electrons. The fraction of sp³-hybridized carbons (Fsp3) is 0.833. The molecule has 4 nitrogen and oxygen atoms in total. The van der Waals surface area contributed by atoms with Crippen LogP contribution in [0.1, 0.15) is 39.5 Å². The predicted octanol–water partition coefficient (Wildman–Crippen LogP) is 1.59. The van der Waals surface area contributed by atoms with E-state index in [-0.39, 0.29) is 17.8 Å². The first kappa shape index (κ1) is 13.0. The summed E-state index contributed by atoms with van der Waals surface area (Å²) in [4.78, 5) is 25.1. The highest BCUT2D eigenvalue weighted by Crippen LogP contribution is 2.18. The molecule has 0 aliphatic carbocycles. The highest BCUT2D eigenvalue weighted by molar-refractivity contribution is 5.78. The number of carbonyl (C=O) groups is 2. The first-order chi connectivity index (χ1) is 7.69. The number of piperidine rings is 1. The summed E-state index contributed by atoms with van der Waals surface area (Å²) in [5.41, 5.74) is 0. The molecule has 1 fully saturated rings. The van der Waals surface area contributed by atoms with Crippen molar-refractivity contribution < 1.29 is 14.3 Å². The number of ether oxygens (including phenoxy) is 1. The van der Waals surface area contributed by atoms with Crippen molar-refractivity contribution in [3.05, 3.63) is 0 Å². The lowest BCUT2D eigenvalue weighted by Gasteiger charge is -2.31. The Hall–Kier alpha value is -1.06. The molecule has 1 rings (SSSR count). The van der Waals surface area contributed by atoms with Gasteiger partial charge in [-0.15, -0.1) is 0 Å². The van der Waals surface area contributed by atoms with Crippen LogP contribution in [0.2, 0.25) is 0 Å². The molecular formula is C12H21NO3. The van der Waals surface area contributed by atoms with Crippen LogP contribution in [0.25, 0.3) is 0 Å². The molecule has 1 aliphatic rings. The van der Waals surface area contributed by atoms with Crippen molar-refractivity contribution in [3.8, 4) is 0 Å². The van der Waals surface area contributed by atoms with Crippen LogP contribution in [-0.2, 0) is 14.3 Å². The SMILES string of the molecule is CCCC(=O)N1CCC[C@H](C(=O)OCC)C1. The van der Waals surface area contributed by atoms with Crippen LogP contribution in [0, 0.1) is 5.92 Å². The fourth-order valence-corrected chi connectivity index (χ4v) is 2.03. The van der Waals surface area contributed by atoms with E-state index in [1.165, 1.54) is 0 Å². The minimum absolute atomic E-state index is 0.116. The van der Waals surface area contributed by atoms with Gasteiger partial charge in [-0.2, -0.15) is 0 Å². The molecule has 0 aromatic carbocycles. The molecule has 1 saturated heterocycles. The van der Waals surface area contributed by atoms with Gasteiger partial charge in [-0.05, 0) is 26.2 Å². The lowest BCUT2D eigenvalue weighted by Crippen LogP contribution is -2.42. The van der Waals surface area contributed by atoms with Gasteiger partial charge < -0.3 is 9.64 Å². The zero-order chi connectivity index (χ0) is 12.0. The van der Waals surface area contributed by atoms with Gasteiger partial charge in [-0.3, -0.25) is 9.59 Å². The molecule has 0 N–H and O–H groups in total. The number of likely N-dealkylation sites (tertiary alicyclic amines) is 1. The van der Waals surface area contributed by atoms with Gasteiger partial charge in [0.1, 0.15) is 0 Å². The second-order valence-electron chi connectivity index (χ2n) is 4.18. The van der Waals surface area contributed by atoms with E-state index in [1.807, 2.05) is 6.92 Å². The summed E-state index contributed by atoms with van der Waals surface area (Å²) in [6.07, 6.45) is 3.18. The first-order valence-corrected chi connectivity index (χ1v) is 6.13. The van der Waals surface area contributed by atoms with E-state index in [4.69, 9.17) is 4.74 Å². The van der Waals surface area contributed by atoms with E-state index in [9.17, 15) is 9.59 Å². The second kappa shape index (κ2) is 6.51. The van der Waals surface area contributed by atoms with Crippen molar-refractivity contribution in [3.63, 3.8) is 0 Å². The lowest BCUT2D eigenvalue weighted by molar-refractivity contribution is -0.151. The third-order valence-corrected chi connectivity index (χ3v) is 2.86. The first-order valence-electron chi connectivity index (χ1n) is 6.13. The topological polar surface area (TPSA) is 46.6 Å². The summed E-state index contributed by atoms with van der Waals surface area (Å²) in [5.74, 6) is -0.109. The molecule has 4 heteroatoms. The summed E-state index contributed by atoms with van der Waals surface area (Å²) >= 11 is 0. The maximum atomic E-state index is 11.7. The van der Waals surface area contributed by atoms with E-state index < -0.39 is 0 Å². The summed E-state index contributed by atoms with van der Waals surface area (Å²) in [7, 11) is 0. The molecule has 1 aliphatic heterocycles. The number of hydrogen-bond donors (Lipinski definition) is 0. The van der Waals surface area contributed by atoms with Crippen LogP contribution in [0.5, 0.6) is 0 Å². The third kappa shape index (κ3) is 3.51. The molecule has 0 bridgehead atoms. The van der Waals surface area contributed by atoms with Gasteiger partial charge in [-0.1, -0.05) is 6.92 Å². The number of esters is 1. The Kier molecular flexibility index (Phi) is 5.29. The Balaban J connectivity index is 2.46. The van der Waals surface area contributed by atoms with Gasteiger partial charge in [0, 0.05) is 19.5 Å². The van der Waals surface area contributed by atoms with Gasteiger partial charge in [0.2, 0.25) is 5.91 Å². The van der Waals surface area contributed by atoms with Crippen LogP contribution in [0.4, 0.5) is 0 Å². The van der Waals surface area contributed by atoms with Crippen molar-refractivity contribution in [2.75, 3.05) is 19.7 Å². The monoisotopic (exact) mass is 227 g/mol. The summed E-state index contributed by atoms with van der Waals surface area (Å²) in [6.45, 7) is 5.54.